The van der Waals surface area contributed by atoms with E-state index in [2.05, 4.69) is 41.6 Å². The lowest BCUT2D eigenvalue weighted by atomic mass is 9.65. The lowest BCUT2D eigenvalue weighted by Gasteiger charge is -2.42. The third-order valence-corrected chi connectivity index (χ3v) is 7.41. The van der Waals surface area contributed by atoms with Crippen LogP contribution in [0.15, 0.2) is 0 Å². The molecule has 1 aliphatic heterocycles. The molecule has 0 atom stereocenters. The summed E-state index contributed by atoms with van der Waals surface area (Å²) in [6, 6.07) is -0.474. The summed E-state index contributed by atoms with van der Waals surface area (Å²) in [5.74, 6) is 0.619. The first-order valence-electron chi connectivity index (χ1n) is 10.6. The molecule has 1 saturated carbocycles. The van der Waals surface area contributed by atoms with Crippen molar-refractivity contribution in [1.82, 2.24) is 30.3 Å². The second-order valence-corrected chi connectivity index (χ2v) is 9.51. The van der Waals surface area contributed by atoms with Crippen LogP contribution >= 0.6 is 12.2 Å². The molecule has 10 heteroatoms. The molecule has 0 aromatic carbocycles. The number of nitrogens with one attached hydrogen (secondary N) is 3. The normalized spacial score (nSPS) is 24.4. The van der Waals surface area contributed by atoms with E-state index in [9.17, 15) is 14.4 Å². The Morgan fingerprint density at radius 3 is 2.57 bits per heavy atom. The summed E-state index contributed by atoms with van der Waals surface area (Å²) in [6.45, 7) is 6.79. The third-order valence-electron chi connectivity index (χ3n) is 7.05. The molecule has 2 heterocycles. The maximum Gasteiger partial charge on any atom is 0.325 e. The lowest BCUT2D eigenvalue weighted by molar-refractivity contribution is -0.136. The van der Waals surface area contributed by atoms with Gasteiger partial charge >= 0.3 is 6.03 Å². The monoisotopic (exact) mass is 436 g/mol. The topological polar surface area (TPSA) is 112 Å². The lowest BCUT2D eigenvalue weighted by Crippen LogP contribution is -2.51. The highest BCUT2D eigenvalue weighted by atomic mass is 32.1. The Hall–Kier alpha value is -2.23. The Labute approximate surface area is 182 Å². The van der Waals surface area contributed by atoms with Gasteiger partial charge in [0, 0.05) is 20.0 Å². The molecule has 1 spiro atoms. The summed E-state index contributed by atoms with van der Waals surface area (Å²) in [4.78, 5) is 38.9. The number of rotatable bonds is 7. The van der Waals surface area contributed by atoms with Crippen LogP contribution in [-0.4, -0.2) is 56.1 Å². The molecule has 2 aliphatic rings. The second kappa shape index (κ2) is 8.49. The van der Waals surface area contributed by atoms with Crippen LogP contribution in [0.25, 0.3) is 0 Å². The summed E-state index contributed by atoms with van der Waals surface area (Å²) in [5, 5.41) is 12.4. The summed E-state index contributed by atoms with van der Waals surface area (Å²) in [7, 11) is 1.80. The number of H-pyrrole nitrogens is 1. The molecule has 0 radical (unpaired) electrons. The number of aromatic amines is 1. The predicted molar refractivity (Wildman–Crippen MR) is 114 cm³/mol. The maximum atomic E-state index is 13.0. The molecule has 1 saturated heterocycles. The van der Waals surface area contributed by atoms with Gasteiger partial charge in [-0.1, -0.05) is 27.2 Å². The standard InChI is InChI=1S/C20H32N6O3S/c1-5-19(2,3)13-6-9-20(10-7-13)16(28)26(17(29)22-20)12-15(27)21-11-8-14-23-24-18(30)25(14)4/h13H,5-12H2,1-4H3,(H,21,27)(H,22,29)(H,24,30). The van der Waals surface area contributed by atoms with Gasteiger partial charge in [0.05, 0.1) is 0 Å². The van der Waals surface area contributed by atoms with E-state index in [1.165, 1.54) is 0 Å². The number of hydrogen-bond donors (Lipinski definition) is 3. The highest BCUT2D eigenvalue weighted by Gasteiger charge is 2.53. The van der Waals surface area contributed by atoms with Crippen LogP contribution in [0.1, 0.15) is 58.7 Å². The van der Waals surface area contributed by atoms with E-state index in [1.807, 2.05) is 0 Å². The number of amides is 4. The molecule has 0 unspecified atom stereocenters. The predicted octanol–water partition coefficient (Wildman–Crippen LogP) is 2.05. The van der Waals surface area contributed by atoms with E-state index in [0.717, 1.165) is 30.0 Å². The van der Waals surface area contributed by atoms with Crippen molar-refractivity contribution in [3.05, 3.63) is 10.6 Å². The van der Waals surface area contributed by atoms with E-state index in [0.29, 0.717) is 36.5 Å². The molecule has 1 aromatic heterocycles. The van der Waals surface area contributed by atoms with Crippen molar-refractivity contribution in [3.8, 4) is 0 Å². The zero-order chi connectivity index (χ0) is 22.1. The Bertz CT molecular complexity index is 881. The van der Waals surface area contributed by atoms with E-state index >= 15 is 0 Å². The number of hydrogen-bond acceptors (Lipinski definition) is 5. The summed E-state index contributed by atoms with van der Waals surface area (Å²) < 4.78 is 2.25. The fraction of sp³-hybridized carbons (Fsp3) is 0.750. The summed E-state index contributed by atoms with van der Waals surface area (Å²) in [5.41, 5.74) is -0.621. The molecule has 4 amide bonds. The van der Waals surface area contributed by atoms with E-state index in [4.69, 9.17) is 12.2 Å². The van der Waals surface area contributed by atoms with Gasteiger partial charge in [-0.3, -0.25) is 19.6 Å². The third kappa shape index (κ3) is 4.28. The molecule has 9 nitrogen and oxygen atoms in total. The molecule has 1 aromatic rings. The van der Waals surface area contributed by atoms with Crippen LogP contribution in [0, 0.1) is 16.1 Å². The van der Waals surface area contributed by atoms with Gasteiger partial charge in [0.2, 0.25) is 5.91 Å². The maximum absolute atomic E-state index is 13.0. The first-order chi connectivity index (χ1) is 14.1. The van der Waals surface area contributed by atoms with E-state index in [1.54, 1.807) is 11.6 Å². The van der Waals surface area contributed by atoms with Crippen molar-refractivity contribution in [2.45, 2.75) is 64.8 Å². The average Bonchev–Trinajstić information content (AvgIpc) is 3.14. The molecule has 3 N–H and O–H groups in total. The quantitative estimate of drug-likeness (QED) is 0.447. The van der Waals surface area contributed by atoms with Crippen molar-refractivity contribution in [3.63, 3.8) is 0 Å². The highest BCUT2D eigenvalue weighted by molar-refractivity contribution is 7.71. The van der Waals surface area contributed by atoms with Crippen molar-refractivity contribution in [1.29, 1.82) is 0 Å². The molecule has 166 valence electrons. The van der Waals surface area contributed by atoms with Gasteiger partial charge in [-0.25, -0.2) is 4.79 Å². The van der Waals surface area contributed by atoms with Gasteiger partial charge in [0.15, 0.2) is 4.77 Å². The largest absolute Gasteiger partial charge is 0.354 e. The smallest absolute Gasteiger partial charge is 0.325 e. The Morgan fingerprint density at radius 1 is 1.33 bits per heavy atom. The average molecular weight is 437 g/mol. The molecular formula is C20H32N6O3S. The van der Waals surface area contributed by atoms with Crippen LogP contribution in [0.3, 0.4) is 0 Å². The molecule has 30 heavy (non-hydrogen) atoms. The van der Waals surface area contributed by atoms with Crippen molar-refractivity contribution < 1.29 is 14.4 Å². The first kappa shape index (κ1) is 22.5. The van der Waals surface area contributed by atoms with Gasteiger partial charge in [0.25, 0.3) is 5.91 Å². The molecule has 0 bridgehead atoms. The number of aromatic nitrogens is 3. The number of urea groups is 1. The van der Waals surface area contributed by atoms with E-state index in [-0.39, 0.29) is 23.8 Å². The van der Waals surface area contributed by atoms with Crippen LogP contribution in [0.2, 0.25) is 0 Å². The van der Waals surface area contributed by atoms with Gasteiger partial charge < -0.3 is 15.2 Å². The SMILES string of the molecule is CCC(C)(C)C1CCC2(CC1)NC(=O)N(CC(=O)NCCc1n[nH]c(=S)n1C)C2=O. The zero-order valence-corrected chi connectivity index (χ0v) is 19.0. The van der Waals surface area contributed by atoms with Gasteiger partial charge in [-0.15, -0.1) is 0 Å². The molecule has 1 aliphatic carbocycles. The van der Waals surface area contributed by atoms with Crippen LogP contribution < -0.4 is 10.6 Å². The Morgan fingerprint density at radius 2 is 2.00 bits per heavy atom. The number of imide groups is 1. The Balaban J connectivity index is 1.53. The Kier molecular flexibility index (Phi) is 6.35. The van der Waals surface area contributed by atoms with Gasteiger partial charge in [0.1, 0.15) is 17.9 Å². The van der Waals surface area contributed by atoms with Crippen molar-refractivity contribution in [2.75, 3.05) is 13.1 Å². The second-order valence-electron chi connectivity index (χ2n) is 9.12. The zero-order valence-electron chi connectivity index (χ0n) is 18.2. The van der Waals surface area contributed by atoms with Crippen LogP contribution in [0.4, 0.5) is 4.79 Å². The van der Waals surface area contributed by atoms with Gasteiger partial charge in [-0.2, -0.15) is 5.10 Å². The summed E-state index contributed by atoms with van der Waals surface area (Å²) in [6.07, 6.45) is 4.64. The fourth-order valence-electron chi connectivity index (χ4n) is 4.46. The summed E-state index contributed by atoms with van der Waals surface area (Å²) >= 11 is 5.06. The van der Waals surface area contributed by atoms with E-state index < -0.39 is 11.6 Å². The number of carbonyl (C=O) groups is 3. The minimum Gasteiger partial charge on any atom is -0.354 e. The van der Waals surface area contributed by atoms with Gasteiger partial charge in [-0.05, 0) is 49.2 Å². The minimum atomic E-state index is -0.847. The van der Waals surface area contributed by atoms with Crippen LogP contribution in [-0.2, 0) is 23.1 Å². The number of nitrogens with zero attached hydrogens (tertiary/aromatic N) is 3. The molecule has 3 rings (SSSR count). The van der Waals surface area contributed by atoms with Crippen molar-refractivity contribution >= 4 is 30.1 Å². The fourth-order valence-corrected chi connectivity index (χ4v) is 4.61. The molecule has 2 fully saturated rings. The number of carbonyl (C=O) groups excluding carboxylic acids is 3. The highest BCUT2D eigenvalue weighted by Crippen LogP contribution is 2.45. The van der Waals surface area contributed by atoms with Crippen molar-refractivity contribution in [2.24, 2.45) is 18.4 Å². The van der Waals surface area contributed by atoms with Crippen LogP contribution in [0.5, 0.6) is 0 Å². The first-order valence-corrected chi connectivity index (χ1v) is 11.0. The minimum absolute atomic E-state index is 0.226. The molecular weight excluding hydrogens is 404 g/mol.